The summed E-state index contributed by atoms with van der Waals surface area (Å²) in [7, 11) is 4.30. The van der Waals surface area contributed by atoms with Crippen LogP contribution in [0.15, 0.2) is 28.8 Å². The van der Waals surface area contributed by atoms with Gasteiger partial charge in [0, 0.05) is 43.3 Å². The maximum Gasteiger partial charge on any atom is 0.257 e. The minimum atomic E-state index is 0.426. The Hall–Kier alpha value is -1.92. The molecule has 6 heteroatoms. The second kappa shape index (κ2) is 5.83. The smallest absolute Gasteiger partial charge is 0.257 e. The van der Waals surface area contributed by atoms with Gasteiger partial charge in [-0.3, -0.25) is 0 Å². The van der Waals surface area contributed by atoms with E-state index in [9.17, 15) is 0 Å². The highest BCUT2D eigenvalue weighted by atomic mass is 16.5. The van der Waals surface area contributed by atoms with Gasteiger partial charge in [-0.25, -0.2) is 0 Å². The zero-order valence-electron chi connectivity index (χ0n) is 12.5. The van der Waals surface area contributed by atoms with E-state index in [1.165, 1.54) is 0 Å². The molecule has 1 aromatic carbocycles. The Morgan fingerprint density at radius 1 is 1.33 bits per heavy atom. The molecule has 0 amide bonds. The molecule has 2 aromatic rings. The van der Waals surface area contributed by atoms with Crippen LogP contribution in [0.4, 0.5) is 5.69 Å². The molecule has 0 saturated carbocycles. The summed E-state index contributed by atoms with van der Waals surface area (Å²) >= 11 is 0. The minimum absolute atomic E-state index is 0.426. The number of rotatable bonds is 3. The molecule has 6 nitrogen and oxygen atoms in total. The average molecular weight is 287 g/mol. The van der Waals surface area contributed by atoms with Crippen LogP contribution in [0, 0.1) is 0 Å². The average Bonchev–Trinajstić information content (AvgIpc) is 2.91. The van der Waals surface area contributed by atoms with E-state index in [1.807, 2.05) is 24.3 Å². The van der Waals surface area contributed by atoms with Gasteiger partial charge in [0.1, 0.15) is 0 Å². The van der Waals surface area contributed by atoms with Crippen LogP contribution in [-0.4, -0.2) is 59.7 Å². The molecule has 0 bridgehead atoms. The topological polar surface area (TPSA) is 71.4 Å². The fourth-order valence-corrected chi connectivity index (χ4v) is 2.66. The van der Waals surface area contributed by atoms with E-state index in [0.717, 1.165) is 37.4 Å². The second-order valence-electron chi connectivity index (χ2n) is 5.74. The van der Waals surface area contributed by atoms with Crippen molar-refractivity contribution < 1.29 is 4.52 Å². The monoisotopic (exact) mass is 287 g/mol. The van der Waals surface area contributed by atoms with Gasteiger partial charge in [0.2, 0.25) is 0 Å². The van der Waals surface area contributed by atoms with Gasteiger partial charge < -0.3 is 20.1 Å². The van der Waals surface area contributed by atoms with Crippen LogP contribution in [-0.2, 0) is 6.42 Å². The first-order valence-corrected chi connectivity index (χ1v) is 7.19. The van der Waals surface area contributed by atoms with Crippen LogP contribution in [0.3, 0.4) is 0 Å². The maximum absolute atomic E-state index is 5.78. The standard InChI is InChI=1S/C15H21N5O/c1-19-6-7-20(2)13(10-19)9-14-17-15(21-18-14)11-4-3-5-12(16)8-11/h3-5,8,13H,6-7,9-10,16H2,1-2H3. The van der Waals surface area contributed by atoms with E-state index in [1.54, 1.807) is 0 Å². The summed E-state index contributed by atoms with van der Waals surface area (Å²) < 4.78 is 5.36. The number of piperazine rings is 1. The summed E-state index contributed by atoms with van der Waals surface area (Å²) in [6.07, 6.45) is 0.798. The molecular weight excluding hydrogens is 266 g/mol. The van der Waals surface area contributed by atoms with Crippen molar-refractivity contribution in [3.8, 4) is 11.5 Å². The molecule has 1 saturated heterocycles. The number of anilines is 1. The van der Waals surface area contributed by atoms with Crippen LogP contribution < -0.4 is 5.73 Å². The number of hydrogen-bond acceptors (Lipinski definition) is 6. The lowest BCUT2D eigenvalue weighted by Gasteiger charge is -2.37. The number of nitrogens with two attached hydrogens (primary N) is 1. The molecule has 0 radical (unpaired) electrons. The summed E-state index contributed by atoms with van der Waals surface area (Å²) in [5.41, 5.74) is 7.34. The van der Waals surface area contributed by atoms with E-state index in [4.69, 9.17) is 10.3 Å². The van der Waals surface area contributed by atoms with Gasteiger partial charge in [-0.05, 0) is 32.3 Å². The second-order valence-corrected chi connectivity index (χ2v) is 5.74. The van der Waals surface area contributed by atoms with Gasteiger partial charge in [0.25, 0.3) is 5.89 Å². The van der Waals surface area contributed by atoms with Crippen molar-refractivity contribution in [3.05, 3.63) is 30.1 Å². The lowest BCUT2D eigenvalue weighted by atomic mass is 10.1. The first-order chi connectivity index (χ1) is 10.1. The molecule has 1 aliphatic rings. The number of aromatic nitrogens is 2. The summed E-state index contributed by atoms with van der Waals surface area (Å²) in [6.45, 7) is 3.20. The van der Waals surface area contributed by atoms with Crippen molar-refractivity contribution in [2.24, 2.45) is 0 Å². The zero-order chi connectivity index (χ0) is 14.8. The van der Waals surface area contributed by atoms with E-state index in [0.29, 0.717) is 17.6 Å². The predicted octanol–water partition coefficient (Wildman–Crippen LogP) is 1.11. The van der Waals surface area contributed by atoms with E-state index in [2.05, 4.69) is 34.0 Å². The third-order valence-corrected chi connectivity index (χ3v) is 4.00. The Morgan fingerprint density at radius 2 is 2.19 bits per heavy atom. The zero-order valence-corrected chi connectivity index (χ0v) is 12.5. The molecule has 1 aromatic heterocycles. The molecule has 1 fully saturated rings. The van der Waals surface area contributed by atoms with Crippen molar-refractivity contribution in [1.29, 1.82) is 0 Å². The molecule has 2 N–H and O–H groups in total. The molecule has 1 unspecified atom stereocenters. The molecule has 0 spiro atoms. The van der Waals surface area contributed by atoms with E-state index >= 15 is 0 Å². The van der Waals surface area contributed by atoms with Gasteiger partial charge in [-0.2, -0.15) is 4.98 Å². The third-order valence-electron chi connectivity index (χ3n) is 4.00. The summed E-state index contributed by atoms with van der Waals surface area (Å²) in [5.74, 6) is 1.28. The van der Waals surface area contributed by atoms with Crippen molar-refractivity contribution in [1.82, 2.24) is 19.9 Å². The maximum atomic E-state index is 5.78. The van der Waals surface area contributed by atoms with Gasteiger partial charge in [-0.1, -0.05) is 11.2 Å². The van der Waals surface area contributed by atoms with Crippen molar-refractivity contribution in [2.45, 2.75) is 12.5 Å². The highest BCUT2D eigenvalue weighted by molar-refractivity contribution is 5.59. The van der Waals surface area contributed by atoms with Gasteiger partial charge in [-0.15, -0.1) is 0 Å². The fourth-order valence-electron chi connectivity index (χ4n) is 2.66. The Bertz CT molecular complexity index is 612. The van der Waals surface area contributed by atoms with Crippen molar-refractivity contribution in [2.75, 3.05) is 39.5 Å². The first-order valence-electron chi connectivity index (χ1n) is 7.19. The Labute approximate surface area is 124 Å². The quantitative estimate of drug-likeness (QED) is 0.853. The van der Waals surface area contributed by atoms with Crippen LogP contribution in [0.2, 0.25) is 0 Å². The Kier molecular flexibility index (Phi) is 3.90. The molecule has 1 aliphatic heterocycles. The van der Waals surface area contributed by atoms with E-state index < -0.39 is 0 Å². The van der Waals surface area contributed by atoms with Crippen LogP contribution >= 0.6 is 0 Å². The first kappa shape index (κ1) is 14.0. The van der Waals surface area contributed by atoms with E-state index in [-0.39, 0.29) is 0 Å². The Balaban J connectivity index is 1.73. The fraction of sp³-hybridized carbons (Fsp3) is 0.467. The SMILES string of the molecule is CN1CCN(C)C(Cc2noc(-c3cccc(N)c3)n2)C1. The molecule has 1 atom stereocenters. The third kappa shape index (κ3) is 3.22. The van der Waals surface area contributed by atoms with Crippen LogP contribution in [0.25, 0.3) is 11.5 Å². The number of nitrogen functional groups attached to an aromatic ring is 1. The van der Waals surface area contributed by atoms with Crippen molar-refractivity contribution >= 4 is 5.69 Å². The van der Waals surface area contributed by atoms with Crippen LogP contribution in [0.5, 0.6) is 0 Å². The number of benzene rings is 1. The predicted molar refractivity (Wildman–Crippen MR) is 81.8 cm³/mol. The number of hydrogen-bond donors (Lipinski definition) is 1. The van der Waals surface area contributed by atoms with Crippen molar-refractivity contribution in [3.63, 3.8) is 0 Å². The largest absolute Gasteiger partial charge is 0.399 e. The van der Waals surface area contributed by atoms with Gasteiger partial charge in [0.05, 0.1) is 0 Å². The minimum Gasteiger partial charge on any atom is -0.399 e. The molecule has 0 aliphatic carbocycles. The molecule has 3 rings (SSSR count). The number of likely N-dealkylation sites (N-methyl/N-ethyl adjacent to an activating group) is 2. The summed E-state index contributed by atoms with van der Waals surface area (Å²) in [6, 6.07) is 7.92. The molecular formula is C15H21N5O. The summed E-state index contributed by atoms with van der Waals surface area (Å²) in [4.78, 5) is 9.19. The normalized spacial score (nSPS) is 20.8. The van der Waals surface area contributed by atoms with Gasteiger partial charge in [0.15, 0.2) is 5.82 Å². The molecule has 2 heterocycles. The highest BCUT2D eigenvalue weighted by Gasteiger charge is 2.24. The highest BCUT2D eigenvalue weighted by Crippen LogP contribution is 2.20. The summed E-state index contributed by atoms with van der Waals surface area (Å²) in [5, 5.41) is 4.10. The lowest BCUT2D eigenvalue weighted by molar-refractivity contribution is 0.113. The van der Waals surface area contributed by atoms with Crippen LogP contribution in [0.1, 0.15) is 5.82 Å². The van der Waals surface area contributed by atoms with Gasteiger partial charge >= 0.3 is 0 Å². The Morgan fingerprint density at radius 3 is 3.00 bits per heavy atom. The number of nitrogens with zero attached hydrogens (tertiary/aromatic N) is 4. The lowest BCUT2D eigenvalue weighted by Crippen LogP contribution is -2.50. The molecule has 21 heavy (non-hydrogen) atoms. The molecule has 112 valence electrons.